The van der Waals surface area contributed by atoms with Gasteiger partial charge in [-0.2, -0.15) is 0 Å². The molecule has 2 aliphatic rings. The number of carbonyl (C=O) groups is 1. The standard InChI is InChI=1S/C16H23N3O3/c1-10-7-17-14(18-8-10)21-13-6-11-5-12(13)19(9-11)15(20)22-16(2,3)4/h7-8,11-13H,5-6,9H2,1-4H3/t11-,12+,13-/m1/s1. The molecule has 0 unspecified atom stereocenters. The highest BCUT2D eigenvalue weighted by atomic mass is 16.6. The van der Waals surface area contributed by atoms with Crippen molar-refractivity contribution in [2.75, 3.05) is 6.54 Å². The summed E-state index contributed by atoms with van der Waals surface area (Å²) in [4.78, 5) is 22.5. The number of fused-ring (bicyclic) bond motifs is 2. The van der Waals surface area contributed by atoms with Crippen LogP contribution in [0.15, 0.2) is 12.4 Å². The molecule has 120 valence electrons. The molecule has 1 saturated carbocycles. The second kappa shape index (κ2) is 5.41. The quantitative estimate of drug-likeness (QED) is 0.840. The Morgan fingerprint density at radius 1 is 1.27 bits per heavy atom. The molecule has 6 heteroatoms. The number of aryl methyl sites for hydroxylation is 1. The second-order valence-electron chi connectivity index (χ2n) is 7.24. The van der Waals surface area contributed by atoms with Crippen LogP contribution in [0.1, 0.15) is 39.2 Å². The number of likely N-dealkylation sites (tertiary alicyclic amines) is 1. The molecule has 2 bridgehead atoms. The largest absolute Gasteiger partial charge is 0.458 e. The molecule has 1 aromatic heterocycles. The first-order valence-corrected chi connectivity index (χ1v) is 7.77. The summed E-state index contributed by atoms with van der Waals surface area (Å²) in [7, 11) is 0. The fourth-order valence-electron chi connectivity index (χ4n) is 3.20. The van der Waals surface area contributed by atoms with Crippen molar-refractivity contribution in [1.82, 2.24) is 14.9 Å². The summed E-state index contributed by atoms with van der Waals surface area (Å²) < 4.78 is 11.4. The zero-order chi connectivity index (χ0) is 15.9. The molecule has 1 saturated heterocycles. The van der Waals surface area contributed by atoms with Gasteiger partial charge in [0.25, 0.3) is 0 Å². The van der Waals surface area contributed by atoms with E-state index in [1.165, 1.54) is 0 Å². The molecule has 2 fully saturated rings. The Morgan fingerprint density at radius 2 is 1.95 bits per heavy atom. The molecule has 2 heterocycles. The molecule has 1 aliphatic heterocycles. The van der Waals surface area contributed by atoms with Crippen molar-refractivity contribution in [3.8, 4) is 6.01 Å². The summed E-state index contributed by atoms with van der Waals surface area (Å²) >= 11 is 0. The Labute approximate surface area is 130 Å². The average molecular weight is 305 g/mol. The molecule has 1 aliphatic carbocycles. The van der Waals surface area contributed by atoms with Crippen molar-refractivity contribution < 1.29 is 14.3 Å². The highest BCUT2D eigenvalue weighted by Crippen LogP contribution is 2.40. The van der Waals surface area contributed by atoms with E-state index in [1.54, 1.807) is 17.3 Å². The molecule has 1 amide bonds. The topological polar surface area (TPSA) is 64.5 Å². The van der Waals surface area contributed by atoms with Crippen LogP contribution in [-0.2, 0) is 4.74 Å². The smallest absolute Gasteiger partial charge is 0.410 e. The summed E-state index contributed by atoms with van der Waals surface area (Å²) in [5.41, 5.74) is 0.519. The molecule has 0 spiro atoms. The normalized spacial score (nSPS) is 27.1. The van der Waals surface area contributed by atoms with Crippen molar-refractivity contribution in [2.24, 2.45) is 5.92 Å². The Kier molecular flexibility index (Phi) is 3.70. The van der Waals surface area contributed by atoms with E-state index in [1.807, 2.05) is 27.7 Å². The maximum atomic E-state index is 12.3. The monoisotopic (exact) mass is 305 g/mol. The Morgan fingerprint density at radius 3 is 2.55 bits per heavy atom. The highest BCUT2D eigenvalue weighted by molar-refractivity contribution is 5.69. The minimum Gasteiger partial charge on any atom is -0.458 e. The molecule has 6 nitrogen and oxygen atoms in total. The van der Waals surface area contributed by atoms with Gasteiger partial charge in [-0.3, -0.25) is 0 Å². The van der Waals surface area contributed by atoms with E-state index in [9.17, 15) is 4.79 Å². The summed E-state index contributed by atoms with van der Waals surface area (Å²) in [5.74, 6) is 0.480. The third kappa shape index (κ3) is 3.15. The SMILES string of the molecule is Cc1cnc(O[C@@H]2C[C@H]3C[C@@H]2N(C(=O)OC(C)(C)C)C3)nc1. The van der Waals surface area contributed by atoms with E-state index in [2.05, 4.69) is 9.97 Å². The number of carbonyl (C=O) groups excluding carboxylic acids is 1. The lowest BCUT2D eigenvalue weighted by Gasteiger charge is -2.34. The Hall–Kier alpha value is -1.85. The van der Waals surface area contributed by atoms with Crippen LogP contribution in [0.5, 0.6) is 6.01 Å². The van der Waals surface area contributed by atoms with Gasteiger partial charge in [-0.25, -0.2) is 14.8 Å². The lowest BCUT2D eigenvalue weighted by molar-refractivity contribution is 0.00141. The van der Waals surface area contributed by atoms with E-state index < -0.39 is 5.60 Å². The molecule has 1 aromatic rings. The third-order valence-electron chi connectivity index (χ3n) is 4.07. The van der Waals surface area contributed by atoms with E-state index in [4.69, 9.17) is 9.47 Å². The van der Waals surface area contributed by atoms with E-state index in [0.29, 0.717) is 11.9 Å². The van der Waals surface area contributed by atoms with Gasteiger partial charge in [0.2, 0.25) is 0 Å². The van der Waals surface area contributed by atoms with E-state index in [-0.39, 0.29) is 18.2 Å². The zero-order valence-corrected chi connectivity index (χ0v) is 13.6. The van der Waals surface area contributed by atoms with Crippen LogP contribution in [-0.4, -0.2) is 45.3 Å². The van der Waals surface area contributed by atoms with Crippen LogP contribution in [0.25, 0.3) is 0 Å². The van der Waals surface area contributed by atoms with Gasteiger partial charge in [0.15, 0.2) is 0 Å². The molecular formula is C16H23N3O3. The number of rotatable bonds is 2. The third-order valence-corrected chi connectivity index (χ3v) is 4.07. The number of hydrogen-bond donors (Lipinski definition) is 0. The number of hydrogen-bond acceptors (Lipinski definition) is 5. The zero-order valence-electron chi connectivity index (χ0n) is 13.6. The van der Waals surface area contributed by atoms with E-state index in [0.717, 1.165) is 24.9 Å². The van der Waals surface area contributed by atoms with Crippen molar-refractivity contribution in [3.63, 3.8) is 0 Å². The summed E-state index contributed by atoms with van der Waals surface area (Å²) in [6.07, 6.45) is 5.09. The molecule has 0 aromatic carbocycles. The Bertz CT molecular complexity index is 553. The van der Waals surface area contributed by atoms with Gasteiger partial charge in [-0.15, -0.1) is 0 Å². The van der Waals surface area contributed by atoms with Crippen molar-refractivity contribution in [3.05, 3.63) is 18.0 Å². The Balaban J connectivity index is 1.66. The number of amides is 1. The van der Waals surface area contributed by atoms with Crippen LogP contribution >= 0.6 is 0 Å². The van der Waals surface area contributed by atoms with Gasteiger partial charge in [0.05, 0.1) is 6.04 Å². The number of nitrogens with zero attached hydrogens (tertiary/aromatic N) is 3. The second-order valence-corrected chi connectivity index (χ2v) is 7.24. The van der Waals surface area contributed by atoms with Crippen LogP contribution in [0.3, 0.4) is 0 Å². The minimum atomic E-state index is -0.477. The summed E-state index contributed by atoms with van der Waals surface area (Å²) in [6.45, 7) is 8.34. The lowest BCUT2D eigenvalue weighted by Crippen LogP contribution is -2.48. The first kappa shape index (κ1) is 15.1. The number of piperidine rings is 1. The van der Waals surface area contributed by atoms with Crippen LogP contribution in [0, 0.1) is 12.8 Å². The first-order valence-electron chi connectivity index (χ1n) is 7.77. The molecule has 22 heavy (non-hydrogen) atoms. The van der Waals surface area contributed by atoms with Crippen LogP contribution in [0.2, 0.25) is 0 Å². The first-order chi connectivity index (χ1) is 10.3. The predicted octanol–water partition coefficient (Wildman–Crippen LogP) is 2.56. The van der Waals surface area contributed by atoms with Gasteiger partial charge in [0.1, 0.15) is 11.7 Å². The van der Waals surface area contributed by atoms with Crippen molar-refractivity contribution in [1.29, 1.82) is 0 Å². The number of ether oxygens (including phenoxy) is 2. The van der Waals surface area contributed by atoms with Crippen molar-refractivity contribution in [2.45, 2.75) is 58.3 Å². The van der Waals surface area contributed by atoms with Crippen molar-refractivity contribution >= 4 is 6.09 Å². The molecule has 0 radical (unpaired) electrons. The van der Waals surface area contributed by atoms with Gasteiger partial charge < -0.3 is 14.4 Å². The fourth-order valence-corrected chi connectivity index (χ4v) is 3.20. The summed E-state index contributed by atoms with van der Waals surface area (Å²) in [5, 5.41) is 0. The predicted molar refractivity (Wildman–Crippen MR) is 80.6 cm³/mol. The molecular weight excluding hydrogens is 282 g/mol. The molecule has 3 atom stereocenters. The maximum Gasteiger partial charge on any atom is 0.410 e. The van der Waals surface area contributed by atoms with Crippen LogP contribution in [0.4, 0.5) is 4.79 Å². The van der Waals surface area contributed by atoms with Gasteiger partial charge in [-0.1, -0.05) is 0 Å². The average Bonchev–Trinajstić information content (AvgIpc) is 2.99. The summed E-state index contributed by atoms with van der Waals surface area (Å²) in [6, 6.07) is 0.442. The van der Waals surface area contributed by atoms with Crippen LogP contribution < -0.4 is 4.74 Å². The van der Waals surface area contributed by atoms with Gasteiger partial charge in [0, 0.05) is 18.9 Å². The minimum absolute atomic E-state index is 0.0472. The lowest BCUT2D eigenvalue weighted by atomic mass is 10.1. The fraction of sp³-hybridized carbons (Fsp3) is 0.688. The molecule has 3 rings (SSSR count). The highest BCUT2D eigenvalue weighted by Gasteiger charge is 2.49. The maximum absolute atomic E-state index is 12.3. The van der Waals surface area contributed by atoms with Gasteiger partial charge >= 0.3 is 12.1 Å². The number of aromatic nitrogens is 2. The van der Waals surface area contributed by atoms with E-state index >= 15 is 0 Å². The molecule has 0 N–H and O–H groups in total. The van der Waals surface area contributed by atoms with Gasteiger partial charge in [-0.05, 0) is 52.0 Å².